The van der Waals surface area contributed by atoms with Gasteiger partial charge in [0, 0.05) is 12.2 Å². The topological polar surface area (TPSA) is 47.3 Å². The molecule has 0 heterocycles. The summed E-state index contributed by atoms with van der Waals surface area (Å²) in [5, 5.41) is 3.46. The number of nitrogens with one attached hydrogen (secondary N) is 1. The average molecular weight is 312 g/mol. The standard InChI is InChI=1S/C20H28N2O/c1-4-16-7-10-18(11-8-16)22-13-5-6-17-9-12-20(19(21)14-17)23-15(2)3/h7-12,14-15,22H,4-6,13,21H2,1-3H3. The first-order valence-corrected chi connectivity index (χ1v) is 8.46. The third-order valence-corrected chi connectivity index (χ3v) is 3.77. The van der Waals surface area contributed by atoms with Crippen LogP contribution < -0.4 is 15.8 Å². The summed E-state index contributed by atoms with van der Waals surface area (Å²) >= 11 is 0. The highest BCUT2D eigenvalue weighted by atomic mass is 16.5. The second-order valence-electron chi connectivity index (χ2n) is 6.12. The smallest absolute Gasteiger partial charge is 0.142 e. The highest BCUT2D eigenvalue weighted by Crippen LogP contribution is 2.24. The van der Waals surface area contributed by atoms with Crippen LogP contribution in [-0.4, -0.2) is 12.6 Å². The maximum atomic E-state index is 6.05. The molecular weight excluding hydrogens is 284 g/mol. The largest absolute Gasteiger partial charge is 0.489 e. The van der Waals surface area contributed by atoms with Crippen molar-refractivity contribution in [2.75, 3.05) is 17.6 Å². The number of aryl methyl sites for hydroxylation is 2. The first-order valence-electron chi connectivity index (χ1n) is 8.46. The van der Waals surface area contributed by atoms with Crippen molar-refractivity contribution in [3.05, 3.63) is 53.6 Å². The molecule has 0 radical (unpaired) electrons. The van der Waals surface area contributed by atoms with Crippen LogP contribution in [0.1, 0.15) is 38.3 Å². The van der Waals surface area contributed by atoms with Gasteiger partial charge in [0.1, 0.15) is 5.75 Å². The van der Waals surface area contributed by atoms with Crippen molar-refractivity contribution >= 4 is 11.4 Å². The zero-order chi connectivity index (χ0) is 16.7. The summed E-state index contributed by atoms with van der Waals surface area (Å²) in [6.45, 7) is 7.14. The summed E-state index contributed by atoms with van der Waals surface area (Å²) in [4.78, 5) is 0. The van der Waals surface area contributed by atoms with E-state index in [0.29, 0.717) is 0 Å². The molecule has 23 heavy (non-hydrogen) atoms. The number of anilines is 2. The van der Waals surface area contributed by atoms with E-state index in [0.717, 1.165) is 37.2 Å². The predicted molar refractivity (Wildman–Crippen MR) is 99.2 cm³/mol. The highest BCUT2D eigenvalue weighted by molar-refractivity contribution is 5.54. The Morgan fingerprint density at radius 2 is 1.74 bits per heavy atom. The zero-order valence-electron chi connectivity index (χ0n) is 14.4. The van der Waals surface area contributed by atoms with E-state index in [1.165, 1.54) is 16.8 Å². The monoisotopic (exact) mass is 312 g/mol. The third-order valence-electron chi connectivity index (χ3n) is 3.77. The van der Waals surface area contributed by atoms with E-state index in [1.54, 1.807) is 0 Å². The number of ether oxygens (including phenoxy) is 1. The van der Waals surface area contributed by atoms with Crippen molar-refractivity contribution in [1.82, 2.24) is 0 Å². The number of rotatable bonds is 8. The third kappa shape index (κ3) is 5.51. The first-order chi connectivity index (χ1) is 11.1. The van der Waals surface area contributed by atoms with Crippen molar-refractivity contribution in [3.8, 4) is 5.75 Å². The zero-order valence-corrected chi connectivity index (χ0v) is 14.4. The van der Waals surface area contributed by atoms with Gasteiger partial charge in [-0.05, 0) is 68.5 Å². The van der Waals surface area contributed by atoms with Crippen LogP contribution in [-0.2, 0) is 12.8 Å². The normalized spacial score (nSPS) is 10.8. The molecule has 2 aromatic carbocycles. The van der Waals surface area contributed by atoms with Crippen molar-refractivity contribution in [2.45, 2.75) is 46.1 Å². The van der Waals surface area contributed by atoms with Gasteiger partial charge in [0.25, 0.3) is 0 Å². The molecule has 0 amide bonds. The van der Waals surface area contributed by atoms with Crippen LogP contribution in [0.3, 0.4) is 0 Å². The van der Waals surface area contributed by atoms with Crippen molar-refractivity contribution in [1.29, 1.82) is 0 Å². The van der Waals surface area contributed by atoms with E-state index >= 15 is 0 Å². The molecule has 0 saturated carbocycles. The molecule has 0 aliphatic rings. The van der Waals surface area contributed by atoms with E-state index in [4.69, 9.17) is 10.5 Å². The Kier molecular flexibility index (Phi) is 6.33. The fourth-order valence-electron chi connectivity index (χ4n) is 2.50. The van der Waals surface area contributed by atoms with Crippen LogP contribution in [0.15, 0.2) is 42.5 Å². The van der Waals surface area contributed by atoms with Crippen LogP contribution in [0.5, 0.6) is 5.75 Å². The Labute approximate surface area is 139 Å². The van der Waals surface area contributed by atoms with Crippen LogP contribution >= 0.6 is 0 Å². The molecule has 0 unspecified atom stereocenters. The molecule has 2 aromatic rings. The van der Waals surface area contributed by atoms with Crippen molar-refractivity contribution in [2.24, 2.45) is 0 Å². The molecule has 0 fully saturated rings. The number of benzene rings is 2. The average Bonchev–Trinajstić information content (AvgIpc) is 2.54. The fourth-order valence-corrected chi connectivity index (χ4v) is 2.50. The van der Waals surface area contributed by atoms with E-state index in [1.807, 2.05) is 26.0 Å². The number of nitrogen functional groups attached to an aromatic ring is 1. The van der Waals surface area contributed by atoms with Gasteiger partial charge in [0.15, 0.2) is 0 Å². The molecule has 0 atom stereocenters. The lowest BCUT2D eigenvalue weighted by molar-refractivity contribution is 0.244. The van der Waals surface area contributed by atoms with Crippen LogP contribution in [0.2, 0.25) is 0 Å². The number of hydrogen-bond acceptors (Lipinski definition) is 3. The lowest BCUT2D eigenvalue weighted by Gasteiger charge is -2.13. The molecule has 0 bridgehead atoms. The lowest BCUT2D eigenvalue weighted by atomic mass is 10.1. The Balaban J connectivity index is 1.78. The van der Waals surface area contributed by atoms with Gasteiger partial charge in [-0.3, -0.25) is 0 Å². The summed E-state index contributed by atoms with van der Waals surface area (Å²) < 4.78 is 5.66. The lowest BCUT2D eigenvalue weighted by Crippen LogP contribution is -2.08. The molecule has 3 heteroatoms. The van der Waals surface area contributed by atoms with Gasteiger partial charge >= 0.3 is 0 Å². The minimum Gasteiger partial charge on any atom is -0.489 e. The number of hydrogen-bond donors (Lipinski definition) is 2. The maximum absolute atomic E-state index is 6.05. The molecule has 0 spiro atoms. The van der Waals surface area contributed by atoms with E-state index in [2.05, 4.69) is 42.6 Å². The van der Waals surface area contributed by atoms with E-state index in [9.17, 15) is 0 Å². The highest BCUT2D eigenvalue weighted by Gasteiger charge is 2.04. The molecule has 3 N–H and O–H groups in total. The Bertz CT molecular complexity index is 606. The summed E-state index contributed by atoms with van der Waals surface area (Å²) in [5.74, 6) is 0.776. The first kappa shape index (κ1) is 17.2. The van der Waals surface area contributed by atoms with E-state index in [-0.39, 0.29) is 6.10 Å². The van der Waals surface area contributed by atoms with Gasteiger partial charge in [0.2, 0.25) is 0 Å². The Hall–Kier alpha value is -2.16. The van der Waals surface area contributed by atoms with Gasteiger partial charge in [-0.25, -0.2) is 0 Å². The van der Waals surface area contributed by atoms with Gasteiger partial charge in [0.05, 0.1) is 11.8 Å². The minimum atomic E-state index is 0.145. The second kappa shape index (κ2) is 8.47. The molecule has 0 saturated heterocycles. The molecule has 3 nitrogen and oxygen atoms in total. The van der Waals surface area contributed by atoms with Crippen molar-refractivity contribution < 1.29 is 4.74 Å². The van der Waals surface area contributed by atoms with E-state index < -0.39 is 0 Å². The summed E-state index contributed by atoms with van der Waals surface area (Å²) in [7, 11) is 0. The maximum Gasteiger partial charge on any atom is 0.142 e. The molecule has 0 aliphatic heterocycles. The molecular formula is C20H28N2O. The predicted octanol–water partition coefficient (Wildman–Crippen LogP) is 4.66. The summed E-state index contributed by atoms with van der Waals surface area (Å²) in [5.41, 5.74) is 10.6. The SMILES string of the molecule is CCc1ccc(NCCCc2ccc(OC(C)C)c(N)c2)cc1. The van der Waals surface area contributed by atoms with Crippen LogP contribution in [0.4, 0.5) is 11.4 Å². The summed E-state index contributed by atoms with van der Waals surface area (Å²) in [6.07, 6.45) is 3.30. The number of nitrogens with two attached hydrogens (primary N) is 1. The molecule has 0 aliphatic carbocycles. The molecule has 0 aromatic heterocycles. The van der Waals surface area contributed by atoms with Gasteiger partial charge in [-0.15, -0.1) is 0 Å². The fraction of sp³-hybridized carbons (Fsp3) is 0.400. The Morgan fingerprint density at radius 3 is 2.35 bits per heavy atom. The van der Waals surface area contributed by atoms with Crippen LogP contribution in [0.25, 0.3) is 0 Å². The van der Waals surface area contributed by atoms with Gasteiger partial charge in [-0.2, -0.15) is 0 Å². The summed E-state index contributed by atoms with van der Waals surface area (Å²) in [6, 6.07) is 14.7. The minimum absolute atomic E-state index is 0.145. The van der Waals surface area contributed by atoms with Gasteiger partial charge < -0.3 is 15.8 Å². The molecule has 124 valence electrons. The second-order valence-corrected chi connectivity index (χ2v) is 6.12. The van der Waals surface area contributed by atoms with Gasteiger partial charge in [-0.1, -0.05) is 25.1 Å². The van der Waals surface area contributed by atoms with Crippen molar-refractivity contribution in [3.63, 3.8) is 0 Å². The Morgan fingerprint density at radius 1 is 1.04 bits per heavy atom. The quantitative estimate of drug-likeness (QED) is 0.550. The molecule has 2 rings (SSSR count). The van der Waals surface area contributed by atoms with Crippen LogP contribution in [0, 0.1) is 0 Å².